The van der Waals surface area contributed by atoms with E-state index in [1.807, 2.05) is 6.92 Å². The first-order chi connectivity index (χ1) is 8.85. The van der Waals surface area contributed by atoms with E-state index in [0.29, 0.717) is 25.4 Å². The molecule has 0 radical (unpaired) electrons. The molecule has 0 heterocycles. The number of rotatable bonds is 6. The lowest BCUT2D eigenvalue weighted by Gasteiger charge is -2.38. The van der Waals surface area contributed by atoms with Gasteiger partial charge in [-0.3, -0.25) is 4.79 Å². The number of amides is 1. The molecule has 112 valence electrons. The number of aliphatic hydroxyl groups is 1. The molecule has 1 atom stereocenters. The summed E-state index contributed by atoms with van der Waals surface area (Å²) < 4.78 is 0. The fraction of sp³-hybridized carbons (Fsp3) is 0.933. The maximum absolute atomic E-state index is 12.4. The van der Waals surface area contributed by atoms with E-state index in [1.165, 1.54) is 0 Å². The van der Waals surface area contributed by atoms with E-state index in [2.05, 4.69) is 12.2 Å². The number of hydrogen-bond donors (Lipinski definition) is 3. The van der Waals surface area contributed by atoms with Crippen molar-refractivity contribution in [3.8, 4) is 0 Å². The number of nitrogens with two attached hydrogens (primary N) is 1. The average molecular weight is 270 g/mol. The van der Waals surface area contributed by atoms with Crippen molar-refractivity contribution >= 4 is 5.91 Å². The second kappa shape index (κ2) is 6.71. The molecule has 1 aliphatic rings. The summed E-state index contributed by atoms with van der Waals surface area (Å²) >= 11 is 0. The molecule has 4 N–H and O–H groups in total. The molecule has 0 bridgehead atoms. The van der Waals surface area contributed by atoms with Gasteiger partial charge in [-0.05, 0) is 44.9 Å². The largest absolute Gasteiger partial charge is 0.388 e. The summed E-state index contributed by atoms with van der Waals surface area (Å²) in [5.41, 5.74) is 4.63. The fourth-order valence-electron chi connectivity index (χ4n) is 2.92. The molecule has 19 heavy (non-hydrogen) atoms. The molecule has 0 saturated heterocycles. The zero-order valence-corrected chi connectivity index (χ0v) is 12.7. The minimum Gasteiger partial charge on any atom is -0.388 e. The van der Waals surface area contributed by atoms with Gasteiger partial charge in [0.1, 0.15) is 0 Å². The Bertz CT molecular complexity index is 295. The molecule has 1 amide bonds. The first-order valence-corrected chi connectivity index (χ1v) is 7.56. The van der Waals surface area contributed by atoms with E-state index < -0.39 is 11.0 Å². The highest BCUT2D eigenvalue weighted by Crippen LogP contribution is 2.38. The average Bonchev–Trinajstić information content (AvgIpc) is 2.37. The van der Waals surface area contributed by atoms with Gasteiger partial charge >= 0.3 is 0 Å². The molecule has 1 aliphatic carbocycles. The van der Waals surface area contributed by atoms with Crippen molar-refractivity contribution in [1.29, 1.82) is 0 Å². The Balaban J connectivity index is 2.55. The zero-order valence-electron chi connectivity index (χ0n) is 12.7. The van der Waals surface area contributed by atoms with E-state index in [4.69, 9.17) is 5.73 Å². The normalized spacial score (nSPS) is 30.7. The molecule has 0 spiro atoms. The summed E-state index contributed by atoms with van der Waals surface area (Å²) in [4.78, 5) is 12.4. The van der Waals surface area contributed by atoms with Crippen LogP contribution in [0.15, 0.2) is 0 Å². The van der Waals surface area contributed by atoms with Crippen molar-refractivity contribution in [3.63, 3.8) is 0 Å². The molecular weight excluding hydrogens is 240 g/mol. The van der Waals surface area contributed by atoms with Crippen molar-refractivity contribution in [2.75, 3.05) is 13.1 Å². The standard InChI is InChI=1S/C15H30N2O2/c1-4-7-14(3,19)11-17-13(18)15(10-16)8-5-12(2)6-9-15/h12,19H,4-11,16H2,1-3H3,(H,17,18). The van der Waals surface area contributed by atoms with Gasteiger partial charge in [-0.15, -0.1) is 0 Å². The highest BCUT2D eigenvalue weighted by atomic mass is 16.3. The first-order valence-electron chi connectivity index (χ1n) is 7.56. The maximum atomic E-state index is 12.4. The number of nitrogens with one attached hydrogen (secondary N) is 1. The summed E-state index contributed by atoms with van der Waals surface area (Å²) in [5, 5.41) is 13.0. The van der Waals surface area contributed by atoms with E-state index >= 15 is 0 Å². The van der Waals surface area contributed by atoms with Crippen LogP contribution in [0.5, 0.6) is 0 Å². The van der Waals surface area contributed by atoms with Gasteiger partial charge in [-0.1, -0.05) is 20.3 Å². The second-order valence-corrected chi connectivity index (χ2v) is 6.60. The van der Waals surface area contributed by atoms with Crippen LogP contribution < -0.4 is 11.1 Å². The van der Waals surface area contributed by atoms with Crippen LogP contribution in [0.25, 0.3) is 0 Å². The Labute approximate surface area is 117 Å². The van der Waals surface area contributed by atoms with Gasteiger partial charge in [0.15, 0.2) is 0 Å². The number of hydrogen-bond acceptors (Lipinski definition) is 3. The molecule has 4 nitrogen and oxygen atoms in total. The van der Waals surface area contributed by atoms with E-state index in [0.717, 1.165) is 32.1 Å². The molecular formula is C15H30N2O2. The topological polar surface area (TPSA) is 75.3 Å². The zero-order chi connectivity index (χ0) is 14.5. The van der Waals surface area contributed by atoms with Crippen LogP contribution >= 0.6 is 0 Å². The lowest BCUT2D eigenvalue weighted by atomic mass is 9.70. The molecule has 0 aromatic rings. The molecule has 0 aliphatic heterocycles. The lowest BCUT2D eigenvalue weighted by molar-refractivity contribution is -0.134. The highest BCUT2D eigenvalue weighted by molar-refractivity contribution is 5.83. The minimum atomic E-state index is -0.817. The minimum absolute atomic E-state index is 0.0262. The van der Waals surface area contributed by atoms with Crippen molar-refractivity contribution in [3.05, 3.63) is 0 Å². The third-order valence-corrected chi connectivity index (χ3v) is 4.52. The van der Waals surface area contributed by atoms with E-state index in [-0.39, 0.29) is 5.91 Å². The second-order valence-electron chi connectivity index (χ2n) is 6.60. The Morgan fingerprint density at radius 2 is 2.05 bits per heavy atom. The third-order valence-electron chi connectivity index (χ3n) is 4.52. The molecule has 1 rings (SSSR count). The van der Waals surface area contributed by atoms with Gasteiger partial charge in [-0.2, -0.15) is 0 Å². The van der Waals surface area contributed by atoms with Gasteiger partial charge in [0.25, 0.3) is 0 Å². The molecule has 1 fully saturated rings. The van der Waals surface area contributed by atoms with Crippen molar-refractivity contribution in [1.82, 2.24) is 5.32 Å². The van der Waals surface area contributed by atoms with E-state index in [9.17, 15) is 9.90 Å². The van der Waals surface area contributed by atoms with Crippen LogP contribution in [0, 0.1) is 11.3 Å². The highest BCUT2D eigenvalue weighted by Gasteiger charge is 2.40. The first kappa shape index (κ1) is 16.4. The van der Waals surface area contributed by atoms with Crippen LogP contribution in [-0.2, 0) is 4.79 Å². The van der Waals surface area contributed by atoms with Gasteiger partial charge < -0.3 is 16.2 Å². The third kappa shape index (κ3) is 4.46. The van der Waals surface area contributed by atoms with Crippen LogP contribution in [-0.4, -0.2) is 29.7 Å². The predicted molar refractivity (Wildman–Crippen MR) is 77.7 cm³/mol. The van der Waals surface area contributed by atoms with Gasteiger partial charge in [-0.25, -0.2) is 0 Å². The number of carbonyl (C=O) groups excluding carboxylic acids is 1. The fourth-order valence-corrected chi connectivity index (χ4v) is 2.92. The monoisotopic (exact) mass is 270 g/mol. The summed E-state index contributed by atoms with van der Waals surface area (Å²) in [6.07, 6.45) is 5.47. The Morgan fingerprint density at radius 3 is 2.53 bits per heavy atom. The van der Waals surface area contributed by atoms with Crippen LogP contribution in [0.4, 0.5) is 0 Å². The summed E-state index contributed by atoms with van der Waals surface area (Å²) in [7, 11) is 0. The molecule has 1 saturated carbocycles. The molecule has 0 aromatic heterocycles. The lowest BCUT2D eigenvalue weighted by Crippen LogP contribution is -2.51. The molecule has 0 aromatic carbocycles. The summed E-state index contributed by atoms with van der Waals surface area (Å²) in [5.74, 6) is 0.717. The SMILES string of the molecule is CCCC(C)(O)CNC(=O)C1(CN)CCC(C)CC1. The maximum Gasteiger partial charge on any atom is 0.227 e. The molecule has 1 unspecified atom stereocenters. The summed E-state index contributed by atoms with van der Waals surface area (Å²) in [6, 6.07) is 0. The predicted octanol–water partition coefficient (Wildman–Crippen LogP) is 1.81. The van der Waals surface area contributed by atoms with Crippen LogP contribution in [0.3, 0.4) is 0 Å². The Hall–Kier alpha value is -0.610. The number of carbonyl (C=O) groups is 1. The Morgan fingerprint density at radius 1 is 1.47 bits per heavy atom. The van der Waals surface area contributed by atoms with Crippen molar-refractivity contribution in [2.45, 2.75) is 64.9 Å². The smallest absolute Gasteiger partial charge is 0.227 e. The van der Waals surface area contributed by atoms with Gasteiger partial charge in [0.2, 0.25) is 5.91 Å². The molecule has 4 heteroatoms. The van der Waals surface area contributed by atoms with Crippen molar-refractivity contribution in [2.24, 2.45) is 17.1 Å². The van der Waals surface area contributed by atoms with Gasteiger partial charge in [0, 0.05) is 13.1 Å². The van der Waals surface area contributed by atoms with Gasteiger partial charge in [0.05, 0.1) is 11.0 Å². The van der Waals surface area contributed by atoms with E-state index in [1.54, 1.807) is 6.92 Å². The Kier molecular flexibility index (Phi) is 5.81. The van der Waals surface area contributed by atoms with Crippen LogP contribution in [0.2, 0.25) is 0 Å². The van der Waals surface area contributed by atoms with Crippen molar-refractivity contribution < 1.29 is 9.90 Å². The quantitative estimate of drug-likeness (QED) is 0.689. The summed E-state index contributed by atoms with van der Waals surface area (Å²) in [6.45, 7) is 6.75. The van der Waals surface area contributed by atoms with Crippen LogP contribution in [0.1, 0.15) is 59.3 Å².